The zero-order chi connectivity index (χ0) is 17.6. The van der Waals surface area contributed by atoms with Gasteiger partial charge in [-0.2, -0.15) is 0 Å². The van der Waals surface area contributed by atoms with Gasteiger partial charge in [-0.1, -0.05) is 30.3 Å². The molecule has 0 bridgehead atoms. The van der Waals surface area contributed by atoms with Crippen molar-refractivity contribution in [2.24, 2.45) is 0 Å². The second kappa shape index (κ2) is 6.19. The van der Waals surface area contributed by atoms with Crippen LogP contribution in [0.15, 0.2) is 36.4 Å². The van der Waals surface area contributed by atoms with Gasteiger partial charge in [0.15, 0.2) is 0 Å². The Bertz CT molecular complexity index is 816. The van der Waals surface area contributed by atoms with Gasteiger partial charge in [-0.15, -0.1) is 0 Å². The Hall–Kier alpha value is -2.33. The Morgan fingerprint density at radius 2 is 1.92 bits per heavy atom. The number of aromatic hydroxyl groups is 1. The number of nitrogens with zero attached hydrogens (tertiary/aromatic N) is 2. The molecule has 1 N–H and O–H groups in total. The maximum atomic E-state index is 13.0. The van der Waals surface area contributed by atoms with Crippen LogP contribution >= 0.6 is 0 Å². The Kier molecular flexibility index (Phi) is 4.00. The summed E-state index contributed by atoms with van der Waals surface area (Å²) < 4.78 is 0. The molecule has 4 heteroatoms. The quantitative estimate of drug-likeness (QED) is 0.917. The van der Waals surface area contributed by atoms with Gasteiger partial charge in [-0.05, 0) is 48.6 Å². The van der Waals surface area contributed by atoms with Crippen molar-refractivity contribution in [1.82, 2.24) is 9.80 Å². The third-order valence-electron chi connectivity index (χ3n) is 5.61. The SMILES string of the molecule is Cc1cc2c(c(C)c1O)C[C@@H]1CN(Cc3ccccc3)CCN1C2=O. The summed E-state index contributed by atoms with van der Waals surface area (Å²) in [7, 11) is 0. The summed E-state index contributed by atoms with van der Waals surface area (Å²) in [6, 6.07) is 12.5. The number of phenolic OH excluding ortho intramolecular Hbond substituents is 1. The van der Waals surface area contributed by atoms with Crippen molar-refractivity contribution in [3.63, 3.8) is 0 Å². The number of carbonyl (C=O) groups is 1. The van der Waals surface area contributed by atoms with Crippen molar-refractivity contribution in [3.05, 3.63) is 64.2 Å². The molecule has 0 aromatic heterocycles. The van der Waals surface area contributed by atoms with Crippen LogP contribution < -0.4 is 0 Å². The van der Waals surface area contributed by atoms with E-state index < -0.39 is 0 Å². The van der Waals surface area contributed by atoms with Crippen molar-refractivity contribution >= 4 is 5.91 Å². The first-order valence-electron chi connectivity index (χ1n) is 8.94. The zero-order valence-electron chi connectivity index (χ0n) is 14.8. The molecule has 1 atom stereocenters. The summed E-state index contributed by atoms with van der Waals surface area (Å²) in [5.74, 6) is 0.453. The first kappa shape index (κ1) is 16.2. The third kappa shape index (κ3) is 2.81. The van der Waals surface area contributed by atoms with Gasteiger partial charge >= 0.3 is 0 Å². The summed E-state index contributed by atoms with van der Waals surface area (Å²) in [5.41, 5.74) is 4.76. The van der Waals surface area contributed by atoms with E-state index in [0.29, 0.717) is 5.75 Å². The molecule has 2 aromatic carbocycles. The lowest BCUT2D eigenvalue weighted by atomic mass is 9.87. The number of hydrogen-bond acceptors (Lipinski definition) is 3. The molecular weight excluding hydrogens is 312 g/mol. The summed E-state index contributed by atoms with van der Waals surface area (Å²) >= 11 is 0. The molecule has 0 spiro atoms. The number of phenols is 1. The molecule has 2 heterocycles. The summed E-state index contributed by atoms with van der Waals surface area (Å²) in [5, 5.41) is 10.3. The highest BCUT2D eigenvalue weighted by Crippen LogP contribution is 2.34. The average Bonchev–Trinajstić information content (AvgIpc) is 2.62. The monoisotopic (exact) mass is 336 g/mol. The van der Waals surface area contributed by atoms with E-state index in [4.69, 9.17) is 0 Å². The highest BCUT2D eigenvalue weighted by Gasteiger charge is 2.37. The molecule has 0 unspecified atom stereocenters. The molecule has 4 nitrogen and oxygen atoms in total. The van der Waals surface area contributed by atoms with E-state index in [1.54, 1.807) is 0 Å². The second-order valence-electron chi connectivity index (χ2n) is 7.27. The van der Waals surface area contributed by atoms with Crippen molar-refractivity contribution in [1.29, 1.82) is 0 Å². The van der Waals surface area contributed by atoms with Gasteiger partial charge in [-0.25, -0.2) is 0 Å². The minimum atomic E-state index is 0.122. The highest BCUT2D eigenvalue weighted by atomic mass is 16.3. The molecule has 2 aromatic rings. The van der Waals surface area contributed by atoms with Crippen molar-refractivity contribution < 1.29 is 9.90 Å². The van der Waals surface area contributed by atoms with Gasteiger partial charge in [0.25, 0.3) is 5.91 Å². The third-order valence-corrected chi connectivity index (χ3v) is 5.61. The standard InChI is InChI=1S/C21H24N2O2/c1-14-10-19-18(15(2)20(14)24)11-17-13-22(8-9-23(17)21(19)25)12-16-6-4-3-5-7-16/h3-7,10,17,24H,8-9,11-13H2,1-2H3/t17-/m1/s1. The topological polar surface area (TPSA) is 43.8 Å². The number of rotatable bonds is 2. The molecule has 2 aliphatic rings. The van der Waals surface area contributed by atoms with Crippen LogP contribution in [0.5, 0.6) is 5.75 Å². The van der Waals surface area contributed by atoms with Gasteiger partial charge in [0, 0.05) is 37.8 Å². The van der Waals surface area contributed by atoms with Gasteiger partial charge in [0.05, 0.1) is 0 Å². The number of fused-ring (bicyclic) bond motifs is 2. The van der Waals surface area contributed by atoms with Crippen LogP contribution in [-0.2, 0) is 13.0 Å². The summed E-state index contributed by atoms with van der Waals surface area (Å²) in [4.78, 5) is 17.4. The molecule has 1 saturated heterocycles. The Morgan fingerprint density at radius 3 is 2.68 bits per heavy atom. The number of aryl methyl sites for hydroxylation is 1. The van der Waals surface area contributed by atoms with Crippen LogP contribution in [0.4, 0.5) is 0 Å². The van der Waals surface area contributed by atoms with E-state index in [-0.39, 0.29) is 11.9 Å². The van der Waals surface area contributed by atoms with E-state index >= 15 is 0 Å². The lowest BCUT2D eigenvalue weighted by molar-refractivity contribution is 0.0401. The molecule has 130 valence electrons. The van der Waals surface area contributed by atoms with Crippen molar-refractivity contribution in [2.45, 2.75) is 32.9 Å². The minimum Gasteiger partial charge on any atom is -0.507 e. The lowest BCUT2D eigenvalue weighted by Crippen LogP contribution is -2.57. The molecule has 1 amide bonds. The molecular formula is C21H24N2O2. The van der Waals surface area contributed by atoms with E-state index in [0.717, 1.165) is 54.9 Å². The maximum Gasteiger partial charge on any atom is 0.254 e. The highest BCUT2D eigenvalue weighted by molar-refractivity contribution is 5.98. The number of benzene rings is 2. The predicted molar refractivity (Wildman–Crippen MR) is 97.8 cm³/mol. The van der Waals surface area contributed by atoms with Crippen LogP contribution in [0.25, 0.3) is 0 Å². The smallest absolute Gasteiger partial charge is 0.254 e. The van der Waals surface area contributed by atoms with Crippen LogP contribution in [0.1, 0.15) is 32.6 Å². The van der Waals surface area contributed by atoms with Crippen LogP contribution in [0, 0.1) is 13.8 Å². The van der Waals surface area contributed by atoms with Gasteiger partial charge in [0.1, 0.15) is 5.75 Å². The molecule has 0 radical (unpaired) electrons. The van der Waals surface area contributed by atoms with Gasteiger partial charge < -0.3 is 10.0 Å². The fourth-order valence-electron chi connectivity index (χ4n) is 4.20. The Balaban J connectivity index is 1.58. The average molecular weight is 336 g/mol. The Morgan fingerprint density at radius 1 is 1.16 bits per heavy atom. The lowest BCUT2D eigenvalue weighted by Gasteiger charge is -2.45. The number of piperazine rings is 1. The normalized spacial score (nSPS) is 20.3. The van der Waals surface area contributed by atoms with Crippen LogP contribution in [-0.4, -0.2) is 46.5 Å². The van der Waals surface area contributed by atoms with Crippen LogP contribution in [0.2, 0.25) is 0 Å². The molecule has 1 fully saturated rings. The largest absolute Gasteiger partial charge is 0.507 e. The molecule has 4 rings (SSSR count). The first-order chi connectivity index (χ1) is 12.0. The summed E-state index contributed by atoms with van der Waals surface area (Å²) in [6.45, 7) is 7.27. The number of amides is 1. The van der Waals surface area contributed by atoms with Crippen molar-refractivity contribution in [2.75, 3.05) is 19.6 Å². The van der Waals surface area contributed by atoms with Gasteiger partial charge in [0.2, 0.25) is 0 Å². The molecule has 0 saturated carbocycles. The fraction of sp³-hybridized carbons (Fsp3) is 0.381. The van der Waals surface area contributed by atoms with E-state index in [1.807, 2.05) is 30.9 Å². The fourth-order valence-corrected chi connectivity index (χ4v) is 4.20. The Labute approximate surface area is 148 Å². The van der Waals surface area contributed by atoms with E-state index in [1.165, 1.54) is 5.56 Å². The first-order valence-corrected chi connectivity index (χ1v) is 8.94. The number of hydrogen-bond donors (Lipinski definition) is 1. The van der Waals surface area contributed by atoms with Crippen LogP contribution in [0.3, 0.4) is 0 Å². The molecule has 0 aliphatic carbocycles. The molecule has 25 heavy (non-hydrogen) atoms. The van der Waals surface area contributed by atoms with E-state index in [9.17, 15) is 9.90 Å². The zero-order valence-corrected chi connectivity index (χ0v) is 14.8. The second-order valence-corrected chi connectivity index (χ2v) is 7.27. The number of carbonyl (C=O) groups excluding carboxylic acids is 1. The van der Waals surface area contributed by atoms with E-state index in [2.05, 4.69) is 29.2 Å². The molecule has 2 aliphatic heterocycles. The maximum absolute atomic E-state index is 13.0. The minimum absolute atomic E-state index is 0.122. The van der Waals surface area contributed by atoms with Gasteiger partial charge in [-0.3, -0.25) is 9.69 Å². The predicted octanol–water partition coefficient (Wildman–Crippen LogP) is 2.89. The van der Waals surface area contributed by atoms with Crippen molar-refractivity contribution in [3.8, 4) is 5.75 Å². The summed E-state index contributed by atoms with van der Waals surface area (Å²) in [6.07, 6.45) is 0.825.